The molecule has 4 heteroatoms. The molecule has 0 bridgehead atoms. The predicted molar refractivity (Wildman–Crippen MR) is 83.6 cm³/mol. The summed E-state index contributed by atoms with van der Waals surface area (Å²) in [7, 11) is 0. The molecule has 2 fully saturated rings. The molecule has 0 radical (unpaired) electrons. The minimum atomic E-state index is 0.751. The van der Waals surface area contributed by atoms with E-state index in [4.69, 9.17) is 16.6 Å². The van der Waals surface area contributed by atoms with Gasteiger partial charge < -0.3 is 4.90 Å². The van der Waals surface area contributed by atoms with Crippen LogP contribution in [0.15, 0.2) is 30.3 Å². The van der Waals surface area contributed by atoms with Gasteiger partial charge in [-0.2, -0.15) is 0 Å². The number of halogens is 1. The molecule has 3 nitrogen and oxygen atoms in total. The minimum Gasteiger partial charge on any atom is -0.354 e. The lowest BCUT2D eigenvalue weighted by molar-refractivity contribution is 0.247. The van der Waals surface area contributed by atoms with Crippen molar-refractivity contribution < 1.29 is 0 Å². The summed E-state index contributed by atoms with van der Waals surface area (Å²) in [4.78, 5) is 9.78. The lowest BCUT2D eigenvalue weighted by Gasteiger charge is -2.35. The molecule has 0 unspecified atom stereocenters. The second kappa shape index (κ2) is 4.90. The van der Waals surface area contributed by atoms with E-state index < -0.39 is 0 Å². The van der Waals surface area contributed by atoms with Crippen LogP contribution in [-0.2, 0) is 0 Å². The quantitative estimate of drug-likeness (QED) is 0.846. The summed E-state index contributed by atoms with van der Waals surface area (Å²) in [5.74, 6) is 1.08. The molecule has 104 valence electrons. The second-order valence-electron chi connectivity index (χ2n) is 5.76. The molecule has 1 aliphatic carbocycles. The first-order valence-electron chi connectivity index (χ1n) is 7.35. The lowest BCUT2D eigenvalue weighted by Crippen LogP contribution is -2.47. The molecular weight excluding hydrogens is 270 g/mol. The Hall–Kier alpha value is -1.32. The van der Waals surface area contributed by atoms with Gasteiger partial charge in [0.2, 0.25) is 0 Å². The van der Waals surface area contributed by atoms with Gasteiger partial charge in [-0.25, -0.2) is 4.98 Å². The van der Waals surface area contributed by atoms with Crippen molar-refractivity contribution in [2.24, 2.45) is 0 Å². The van der Waals surface area contributed by atoms with E-state index in [1.54, 1.807) is 0 Å². The van der Waals surface area contributed by atoms with Gasteiger partial charge in [0.15, 0.2) is 0 Å². The summed E-state index contributed by atoms with van der Waals surface area (Å²) in [6.45, 7) is 4.49. The summed E-state index contributed by atoms with van der Waals surface area (Å²) < 4.78 is 0. The monoisotopic (exact) mass is 287 g/mol. The number of nitrogens with zero attached hydrogens (tertiary/aromatic N) is 3. The third-order valence-corrected chi connectivity index (χ3v) is 4.58. The fourth-order valence-electron chi connectivity index (χ4n) is 3.01. The van der Waals surface area contributed by atoms with Crippen molar-refractivity contribution >= 4 is 28.3 Å². The Bertz CT molecular complexity index is 631. The van der Waals surface area contributed by atoms with Gasteiger partial charge in [-0.1, -0.05) is 17.7 Å². The average Bonchev–Trinajstić information content (AvgIpc) is 3.31. The maximum atomic E-state index is 6.06. The number of piperazine rings is 1. The number of hydrogen-bond donors (Lipinski definition) is 0. The number of anilines is 1. The summed E-state index contributed by atoms with van der Waals surface area (Å²) in [6.07, 6.45) is 2.79. The number of aromatic nitrogens is 1. The largest absolute Gasteiger partial charge is 0.354 e. The third-order valence-electron chi connectivity index (χ3n) is 4.34. The van der Waals surface area contributed by atoms with Crippen LogP contribution in [0.4, 0.5) is 5.82 Å². The van der Waals surface area contributed by atoms with Crippen molar-refractivity contribution in [2.45, 2.75) is 18.9 Å². The van der Waals surface area contributed by atoms with E-state index in [9.17, 15) is 0 Å². The van der Waals surface area contributed by atoms with Crippen LogP contribution >= 0.6 is 11.6 Å². The van der Waals surface area contributed by atoms with E-state index in [2.05, 4.69) is 21.9 Å². The molecule has 2 aliphatic rings. The van der Waals surface area contributed by atoms with Gasteiger partial charge in [0, 0.05) is 42.6 Å². The zero-order valence-corrected chi connectivity index (χ0v) is 12.2. The number of fused-ring (bicyclic) bond motifs is 1. The molecular formula is C16H18ClN3. The molecule has 20 heavy (non-hydrogen) atoms. The zero-order chi connectivity index (χ0) is 13.5. The maximum Gasteiger partial charge on any atom is 0.129 e. The molecule has 1 aliphatic heterocycles. The van der Waals surface area contributed by atoms with Gasteiger partial charge in [-0.3, -0.25) is 4.90 Å². The first kappa shape index (κ1) is 12.4. The third kappa shape index (κ3) is 2.36. The maximum absolute atomic E-state index is 6.06. The second-order valence-corrected chi connectivity index (χ2v) is 6.20. The Balaban J connectivity index is 1.55. The highest BCUT2D eigenvalue weighted by Gasteiger charge is 2.31. The smallest absolute Gasteiger partial charge is 0.129 e. The van der Waals surface area contributed by atoms with Gasteiger partial charge in [-0.15, -0.1) is 0 Å². The standard InChI is InChI=1S/C16H18ClN3/c17-13-3-1-12-2-6-16(18-15(12)11-13)20-9-7-19(8-10-20)14-4-5-14/h1-3,6,11,14H,4-5,7-10H2. The minimum absolute atomic E-state index is 0.751. The predicted octanol–water partition coefficient (Wildman–Crippen LogP) is 3.17. The molecule has 2 aromatic rings. The Kier molecular flexibility index (Phi) is 3.04. The fraction of sp³-hybridized carbons (Fsp3) is 0.438. The summed E-state index contributed by atoms with van der Waals surface area (Å²) in [5, 5.41) is 1.90. The molecule has 0 amide bonds. The number of hydrogen-bond acceptors (Lipinski definition) is 3. The van der Waals surface area contributed by atoms with Crippen LogP contribution in [0.3, 0.4) is 0 Å². The summed E-state index contributed by atoms with van der Waals surface area (Å²) in [6, 6.07) is 11.0. The van der Waals surface area contributed by atoms with E-state index in [0.29, 0.717) is 0 Å². The molecule has 1 saturated carbocycles. The molecule has 0 spiro atoms. The zero-order valence-electron chi connectivity index (χ0n) is 11.4. The van der Waals surface area contributed by atoms with Crippen LogP contribution < -0.4 is 4.90 Å². The molecule has 1 aromatic heterocycles. The Morgan fingerprint density at radius 3 is 2.50 bits per heavy atom. The molecule has 0 N–H and O–H groups in total. The van der Waals surface area contributed by atoms with Crippen LogP contribution in [0.2, 0.25) is 5.02 Å². The van der Waals surface area contributed by atoms with E-state index >= 15 is 0 Å². The Labute approximate surface area is 124 Å². The Morgan fingerprint density at radius 1 is 1.00 bits per heavy atom. The van der Waals surface area contributed by atoms with Gasteiger partial charge in [0.1, 0.15) is 5.82 Å². The van der Waals surface area contributed by atoms with Crippen LogP contribution in [0.1, 0.15) is 12.8 Å². The van der Waals surface area contributed by atoms with Crippen molar-refractivity contribution in [3.05, 3.63) is 35.4 Å². The Morgan fingerprint density at radius 2 is 1.75 bits per heavy atom. The van der Waals surface area contributed by atoms with Crippen molar-refractivity contribution in [3.63, 3.8) is 0 Å². The lowest BCUT2D eigenvalue weighted by atomic mass is 10.2. The van der Waals surface area contributed by atoms with E-state index in [1.807, 2.05) is 18.2 Å². The van der Waals surface area contributed by atoms with E-state index in [-0.39, 0.29) is 0 Å². The highest BCUT2D eigenvalue weighted by atomic mass is 35.5. The molecule has 0 atom stereocenters. The van der Waals surface area contributed by atoms with Crippen molar-refractivity contribution in [1.29, 1.82) is 0 Å². The first-order chi connectivity index (χ1) is 9.79. The first-order valence-corrected chi connectivity index (χ1v) is 7.73. The van der Waals surface area contributed by atoms with Gasteiger partial charge >= 0.3 is 0 Å². The van der Waals surface area contributed by atoms with E-state index in [1.165, 1.54) is 25.9 Å². The van der Waals surface area contributed by atoms with Gasteiger partial charge in [-0.05, 0) is 37.1 Å². The summed E-state index contributed by atoms with van der Waals surface area (Å²) >= 11 is 6.06. The van der Waals surface area contributed by atoms with Crippen LogP contribution in [0.5, 0.6) is 0 Å². The highest BCUT2D eigenvalue weighted by molar-refractivity contribution is 6.31. The summed E-state index contributed by atoms with van der Waals surface area (Å²) in [5.41, 5.74) is 0.986. The molecule has 1 aromatic carbocycles. The fourth-order valence-corrected chi connectivity index (χ4v) is 3.18. The number of pyridine rings is 1. The highest BCUT2D eigenvalue weighted by Crippen LogP contribution is 2.28. The van der Waals surface area contributed by atoms with Crippen molar-refractivity contribution in [1.82, 2.24) is 9.88 Å². The molecule has 2 heterocycles. The average molecular weight is 288 g/mol. The molecule has 1 saturated heterocycles. The van der Waals surface area contributed by atoms with Gasteiger partial charge in [0.25, 0.3) is 0 Å². The normalized spacial score (nSPS) is 20.6. The number of rotatable bonds is 2. The van der Waals surface area contributed by atoms with Crippen LogP contribution in [0.25, 0.3) is 10.9 Å². The van der Waals surface area contributed by atoms with Crippen molar-refractivity contribution in [3.8, 4) is 0 Å². The molecule has 4 rings (SSSR count). The van der Waals surface area contributed by atoms with Crippen LogP contribution in [-0.4, -0.2) is 42.1 Å². The number of benzene rings is 1. The van der Waals surface area contributed by atoms with E-state index in [0.717, 1.165) is 40.9 Å². The topological polar surface area (TPSA) is 19.4 Å². The van der Waals surface area contributed by atoms with Crippen molar-refractivity contribution in [2.75, 3.05) is 31.1 Å². The van der Waals surface area contributed by atoms with Gasteiger partial charge in [0.05, 0.1) is 5.52 Å². The van der Waals surface area contributed by atoms with Crippen LogP contribution in [0, 0.1) is 0 Å². The SMILES string of the molecule is Clc1ccc2ccc(N3CCN(C4CC4)CC3)nc2c1.